The van der Waals surface area contributed by atoms with Gasteiger partial charge in [-0.15, -0.1) is 0 Å². The van der Waals surface area contributed by atoms with E-state index < -0.39 is 0 Å². The second-order valence-corrected chi connectivity index (χ2v) is 4.91. The molecular weight excluding hydrogens is 246 g/mol. The normalized spacial score (nSPS) is 12.1. The van der Waals surface area contributed by atoms with Crippen LogP contribution in [0.2, 0.25) is 0 Å². The van der Waals surface area contributed by atoms with Crippen LogP contribution in [-0.2, 0) is 6.42 Å². The Morgan fingerprint density at radius 2 is 1.70 bits per heavy atom. The molecule has 0 saturated heterocycles. The molecule has 0 heterocycles. The van der Waals surface area contributed by atoms with E-state index >= 15 is 0 Å². The molecule has 0 aliphatic rings. The van der Waals surface area contributed by atoms with E-state index in [9.17, 15) is 0 Å². The fourth-order valence-electron chi connectivity index (χ4n) is 2.51. The van der Waals surface area contributed by atoms with E-state index in [1.165, 1.54) is 11.1 Å². The number of ether oxygens (including phenoxy) is 1. The summed E-state index contributed by atoms with van der Waals surface area (Å²) >= 11 is 0. The minimum atomic E-state index is 0.461. The maximum Gasteiger partial charge on any atom is 0.122 e. The van der Waals surface area contributed by atoms with Crippen LogP contribution in [0.1, 0.15) is 24.0 Å². The summed E-state index contributed by atoms with van der Waals surface area (Å²) in [7, 11) is 2.00. The van der Waals surface area contributed by atoms with E-state index in [4.69, 9.17) is 4.74 Å². The Morgan fingerprint density at radius 3 is 2.40 bits per heavy atom. The molecule has 1 N–H and O–H groups in total. The van der Waals surface area contributed by atoms with Crippen LogP contribution < -0.4 is 10.1 Å². The molecule has 1 unspecified atom stereocenters. The Bertz CT molecular complexity index is 510. The fraction of sp³-hybridized carbons (Fsp3) is 0.333. The third kappa shape index (κ3) is 3.84. The molecule has 0 aliphatic heterocycles. The van der Waals surface area contributed by atoms with Gasteiger partial charge >= 0.3 is 0 Å². The number of hydrogen-bond donors (Lipinski definition) is 1. The van der Waals surface area contributed by atoms with Gasteiger partial charge in [0, 0.05) is 12.5 Å². The number of benzene rings is 2. The summed E-state index contributed by atoms with van der Waals surface area (Å²) in [6.07, 6.45) is 0.987. The second kappa shape index (κ2) is 7.71. The van der Waals surface area contributed by atoms with Gasteiger partial charge in [-0.1, -0.05) is 48.5 Å². The van der Waals surface area contributed by atoms with Crippen LogP contribution in [0.15, 0.2) is 54.6 Å². The summed E-state index contributed by atoms with van der Waals surface area (Å²) in [5, 5.41) is 3.30. The van der Waals surface area contributed by atoms with Crippen molar-refractivity contribution in [3.8, 4) is 5.75 Å². The highest BCUT2D eigenvalue weighted by molar-refractivity contribution is 5.35. The summed E-state index contributed by atoms with van der Waals surface area (Å²) in [5.74, 6) is 1.47. The Morgan fingerprint density at radius 1 is 1.00 bits per heavy atom. The third-order valence-corrected chi connectivity index (χ3v) is 3.46. The molecule has 0 spiro atoms. The molecule has 0 aromatic heterocycles. The summed E-state index contributed by atoms with van der Waals surface area (Å²) in [6, 6.07) is 19.0. The van der Waals surface area contributed by atoms with Crippen molar-refractivity contribution in [2.45, 2.75) is 19.3 Å². The fourth-order valence-corrected chi connectivity index (χ4v) is 2.51. The summed E-state index contributed by atoms with van der Waals surface area (Å²) < 4.78 is 5.73. The standard InChI is InChI=1S/C18H23NO/c1-3-20-18-12-8-7-11-16(18)13-17(14-19-2)15-9-5-4-6-10-15/h4-12,17,19H,3,13-14H2,1-2H3. The molecule has 2 rings (SSSR count). The SMILES string of the molecule is CCOc1ccccc1CC(CNC)c1ccccc1. The molecular formula is C18H23NO. The predicted octanol–water partition coefficient (Wildman–Crippen LogP) is 3.63. The largest absolute Gasteiger partial charge is 0.494 e. The van der Waals surface area contributed by atoms with Crippen LogP contribution in [0.4, 0.5) is 0 Å². The number of likely N-dealkylation sites (N-methyl/N-ethyl adjacent to an activating group) is 1. The van der Waals surface area contributed by atoms with Gasteiger partial charge in [-0.2, -0.15) is 0 Å². The van der Waals surface area contributed by atoms with Crippen molar-refractivity contribution in [3.63, 3.8) is 0 Å². The monoisotopic (exact) mass is 269 g/mol. The maximum absolute atomic E-state index is 5.73. The minimum Gasteiger partial charge on any atom is -0.494 e. The molecule has 0 fully saturated rings. The first kappa shape index (κ1) is 14.6. The van der Waals surface area contributed by atoms with Crippen LogP contribution in [0.3, 0.4) is 0 Å². The first-order chi connectivity index (χ1) is 9.85. The molecule has 0 bridgehead atoms. The average Bonchev–Trinajstić information content (AvgIpc) is 2.50. The average molecular weight is 269 g/mol. The highest BCUT2D eigenvalue weighted by Gasteiger charge is 2.14. The van der Waals surface area contributed by atoms with Crippen LogP contribution in [0.25, 0.3) is 0 Å². The zero-order chi connectivity index (χ0) is 14.2. The zero-order valence-electron chi connectivity index (χ0n) is 12.3. The smallest absolute Gasteiger partial charge is 0.122 e. The number of para-hydroxylation sites is 1. The lowest BCUT2D eigenvalue weighted by Gasteiger charge is -2.19. The molecule has 2 heteroatoms. The summed E-state index contributed by atoms with van der Waals surface area (Å²) in [4.78, 5) is 0. The number of hydrogen-bond acceptors (Lipinski definition) is 2. The quantitative estimate of drug-likeness (QED) is 0.828. The minimum absolute atomic E-state index is 0.461. The lowest BCUT2D eigenvalue weighted by atomic mass is 9.91. The lowest BCUT2D eigenvalue weighted by molar-refractivity contribution is 0.335. The molecule has 0 radical (unpaired) electrons. The van der Waals surface area contributed by atoms with Crippen molar-refractivity contribution in [2.75, 3.05) is 20.2 Å². The first-order valence-corrected chi connectivity index (χ1v) is 7.25. The number of rotatable bonds is 7. The first-order valence-electron chi connectivity index (χ1n) is 7.25. The molecule has 2 aromatic rings. The van der Waals surface area contributed by atoms with Crippen molar-refractivity contribution >= 4 is 0 Å². The van der Waals surface area contributed by atoms with Crippen molar-refractivity contribution < 1.29 is 4.74 Å². The van der Waals surface area contributed by atoms with Crippen LogP contribution in [-0.4, -0.2) is 20.2 Å². The zero-order valence-corrected chi connectivity index (χ0v) is 12.3. The highest BCUT2D eigenvalue weighted by atomic mass is 16.5. The Balaban J connectivity index is 2.20. The molecule has 106 valence electrons. The van der Waals surface area contributed by atoms with E-state index in [0.29, 0.717) is 12.5 Å². The van der Waals surface area contributed by atoms with E-state index in [1.54, 1.807) is 0 Å². The second-order valence-electron chi connectivity index (χ2n) is 4.91. The van der Waals surface area contributed by atoms with E-state index in [0.717, 1.165) is 18.7 Å². The van der Waals surface area contributed by atoms with Crippen LogP contribution in [0, 0.1) is 0 Å². The molecule has 20 heavy (non-hydrogen) atoms. The maximum atomic E-state index is 5.73. The Hall–Kier alpha value is -1.80. The molecule has 0 saturated carbocycles. The Kier molecular flexibility index (Phi) is 5.63. The van der Waals surface area contributed by atoms with Gasteiger partial charge in [-0.25, -0.2) is 0 Å². The molecule has 2 aromatic carbocycles. The van der Waals surface area contributed by atoms with Gasteiger partial charge in [0.25, 0.3) is 0 Å². The van der Waals surface area contributed by atoms with Gasteiger partial charge in [0.05, 0.1) is 6.61 Å². The van der Waals surface area contributed by atoms with E-state index in [1.807, 2.05) is 20.0 Å². The van der Waals surface area contributed by atoms with Crippen molar-refractivity contribution in [1.29, 1.82) is 0 Å². The summed E-state index contributed by atoms with van der Waals surface area (Å²) in [5.41, 5.74) is 2.65. The van der Waals surface area contributed by atoms with Crippen molar-refractivity contribution in [2.24, 2.45) is 0 Å². The Labute approximate surface area is 121 Å². The topological polar surface area (TPSA) is 21.3 Å². The van der Waals surface area contributed by atoms with Gasteiger partial charge in [0.1, 0.15) is 5.75 Å². The summed E-state index contributed by atoms with van der Waals surface area (Å²) in [6.45, 7) is 3.70. The predicted molar refractivity (Wildman–Crippen MR) is 84.4 cm³/mol. The number of nitrogens with one attached hydrogen (secondary N) is 1. The molecule has 1 atom stereocenters. The molecule has 0 amide bonds. The van der Waals surface area contributed by atoms with Gasteiger partial charge in [0.2, 0.25) is 0 Å². The van der Waals surface area contributed by atoms with Crippen LogP contribution >= 0.6 is 0 Å². The molecule has 0 aliphatic carbocycles. The highest BCUT2D eigenvalue weighted by Crippen LogP contribution is 2.26. The van der Waals surface area contributed by atoms with Crippen molar-refractivity contribution in [3.05, 3.63) is 65.7 Å². The van der Waals surface area contributed by atoms with E-state index in [2.05, 4.69) is 53.8 Å². The van der Waals surface area contributed by atoms with Gasteiger partial charge < -0.3 is 10.1 Å². The van der Waals surface area contributed by atoms with Gasteiger partial charge in [-0.05, 0) is 37.6 Å². The van der Waals surface area contributed by atoms with Gasteiger partial charge in [0.15, 0.2) is 0 Å². The van der Waals surface area contributed by atoms with Crippen molar-refractivity contribution in [1.82, 2.24) is 5.32 Å². The lowest BCUT2D eigenvalue weighted by Crippen LogP contribution is -2.19. The molecule has 2 nitrogen and oxygen atoms in total. The van der Waals surface area contributed by atoms with Gasteiger partial charge in [-0.3, -0.25) is 0 Å². The third-order valence-electron chi connectivity index (χ3n) is 3.46. The van der Waals surface area contributed by atoms with E-state index in [-0.39, 0.29) is 0 Å². The van der Waals surface area contributed by atoms with Crippen LogP contribution in [0.5, 0.6) is 5.75 Å².